The summed E-state index contributed by atoms with van der Waals surface area (Å²) in [6.07, 6.45) is 7.88. The van der Waals surface area contributed by atoms with E-state index >= 15 is 0 Å². The van der Waals surface area contributed by atoms with Gasteiger partial charge in [-0.2, -0.15) is 0 Å². The molecule has 1 aromatic carbocycles. The van der Waals surface area contributed by atoms with Crippen LogP contribution in [0.4, 0.5) is 13.2 Å². The van der Waals surface area contributed by atoms with Crippen molar-refractivity contribution in [3.8, 4) is 0 Å². The molecule has 0 aliphatic rings. The fraction of sp³-hybridized carbons (Fsp3) is 0.667. The maximum atomic E-state index is 14.3. The third-order valence-electron chi connectivity index (χ3n) is 4.28. The Bertz CT molecular complexity index is 602. The highest BCUT2D eigenvalue weighted by atomic mass is 32.2. The Labute approximate surface area is 165 Å². The number of rotatable bonds is 14. The molecule has 27 heavy (non-hydrogen) atoms. The maximum Gasteiger partial charge on any atom is 0.179 e. The second-order valence-corrected chi connectivity index (χ2v) is 8.58. The monoisotopic (exact) mass is 428 g/mol. The largest absolute Gasteiger partial charge is 0.254 e. The number of unbranched alkanes of at least 4 members (excludes halogenated alkanes) is 4. The molecule has 0 bridgehead atoms. The molecule has 1 aromatic rings. The zero-order valence-electron chi connectivity index (χ0n) is 15.6. The molecule has 2 atom stereocenters. The van der Waals surface area contributed by atoms with Gasteiger partial charge in [-0.25, -0.2) is 18.4 Å². The molecule has 0 amide bonds. The van der Waals surface area contributed by atoms with Gasteiger partial charge >= 0.3 is 0 Å². The van der Waals surface area contributed by atoms with Crippen LogP contribution in [0, 0.1) is 23.4 Å². The van der Waals surface area contributed by atoms with E-state index in [4.69, 9.17) is 5.26 Å². The minimum atomic E-state index is -1.99. The third kappa shape index (κ3) is 8.11. The van der Waals surface area contributed by atoms with Gasteiger partial charge in [0, 0.05) is 5.75 Å². The molecule has 0 saturated heterocycles. The topological polar surface area (TPSA) is 55.8 Å². The van der Waals surface area contributed by atoms with Crippen LogP contribution in [0.5, 0.6) is 0 Å². The van der Waals surface area contributed by atoms with Gasteiger partial charge in [-0.3, -0.25) is 4.21 Å². The van der Waals surface area contributed by atoms with E-state index in [2.05, 4.69) is 16.3 Å². The molecule has 0 fully saturated rings. The lowest BCUT2D eigenvalue weighted by Gasteiger charge is -2.17. The average Bonchev–Trinajstić information content (AvgIpc) is 2.64. The quantitative estimate of drug-likeness (QED) is 0.122. The molecule has 0 aliphatic carbocycles. The van der Waals surface area contributed by atoms with E-state index in [9.17, 15) is 17.4 Å². The van der Waals surface area contributed by atoms with E-state index < -0.39 is 38.0 Å². The van der Waals surface area contributed by atoms with Crippen molar-refractivity contribution in [3.05, 3.63) is 23.5 Å². The lowest BCUT2D eigenvalue weighted by Crippen LogP contribution is -2.15. The minimum Gasteiger partial charge on any atom is -0.254 e. The summed E-state index contributed by atoms with van der Waals surface area (Å²) in [6.45, 7) is 4.16. The number of halogens is 3. The molecule has 0 aromatic heterocycles. The van der Waals surface area contributed by atoms with E-state index in [0.29, 0.717) is 6.07 Å². The first-order chi connectivity index (χ1) is 13.0. The van der Waals surface area contributed by atoms with Gasteiger partial charge in [-0.05, 0) is 24.8 Å². The summed E-state index contributed by atoms with van der Waals surface area (Å²) in [5.41, 5.74) is 0. The molecule has 0 radical (unpaired) electrons. The highest BCUT2D eigenvalue weighted by Gasteiger charge is 2.25. The predicted octanol–water partition coefficient (Wildman–Crippen LogP) is 6.42. The van der Waals surface area contributed by atoms with Crippen LogP contribution in [-0.4, -0.2) is 15.2 Å². The smallest absolute Gasteiger partial charge is 0.179 e. The Morgan fingerprint density at radius 1 is 1.07 bits per heavy atom. The zero-order chi connectivity index (χ0) is 20.2. The fourth-order valence-electron chi connectivity index (χ4n) is 2.84. The zero-order valence-corrected chi connectivity index (χ0v) is 17.3. The molecule has 1 N–H and O–H groups in total. The Kier molecular flexibility index (Phi) is 12.3. The Hall–Kier alpha value is -0.610. The van der Waals surface area contributed by atoms with Crippen molar-refractivity contribution in [3.63, 3.8) is 0 Å². The highest BCUT2D eigenvalue weighted by Crippen LogP contribution is 2.31. The van der Waals surface area contributed by atoms with E-state index in [1.54, 1.807) is 0 Å². The number of hydrogen-bond acceptors (Lipinski definition) is 5. The summed E-state index contributed by atoms with van der Waals surface area (Å²) in [7, 11) is -1.99. The molecular formula is C18H27F3O4S2. The first-order valence-corrected chi connectivity index (χ1v) is 11.2. The minimum absolute atomic E-state index is 0.0738. The van der Waals surface area contributed by atoms with Gasteiger partial charge < -0.3 is 0 Å². The lowest BCUT2D eigenvalue weighted by atomic mass is 9.97. The highest BCUT2D eigenvalue weighted by molar-refractivity contribution is 7.94. The fourth-order valence-corrected chi connectivity index (χ4v) is 4.75. The number of hydrogen-bond donors (Lipinski definition) is 1. The van der Waals surface area contributed by atoms with E-state index in [1.165, 1.54) is 0 Å². The van der Waals surface area contributed by atoms with E-state index in [1.807, 2.05) is 6.92 Å². The second kappa shape index (κ2) is 13.5. The van der Waals surface area contributed by atoms with Gasteiger partial charge in [0.15, 0.2) is 11.6 Å². The average molecular weight is 429 g/mol. The third-order valence-corrected chi connectivity index (χ3v) is 6.49. The van der Waals surface area contributed by atoms with E-state index in [0.717, 1.165) is 51.4 Å². The summed E-state index contributed by atoms with van der Waals surface area (Å²) >= 11 is 0.110. The van der Waals surface area contributed by atoms with Gasteiger partial charge in [0.25, 0.3) is 0 Å². The van der Waals surface area contributed by atoms with Crippen molar-refractivity contribution in [1.82, 2.24) is 0 Å². The second-order valence-electron chi connectivity index (χ2n) is 6.41. The van der Waals surface area contributed by atoms with Crippen LogP contribution in [0.25, 0.3) is 0 Å². The molecule has 1 rings (SSSR count). The molecule has 4 nitrogen and oxygen atoms in total. The molecule has 156 valence electrons. The molecular weight excluding hydrogens is 401 g/mol. The molecule has 0 aliphatic heterocycles. The van der Waals surface area contributed by atoms with Crippen LogP contribution in [-0.2, 0) is 20.2 Å². The predicted molar refractivity (Wildman–Crippen MR) is 100 cm³/mol. The van der Waals surface area contributed by atoms with Crippen molar-refractivity contribution in [1.29, 1.82) is 0 Å². The summed E-state index contributed by atoms with van der Waals surface area (Å²) in [6, 6.07) is 0.678. The maximum absolute atomic E-state index is 14.3. The Morgan fingerprint density at radius 3 is 2.37 bits per heavy atom. The van der Waals surface area contributed by atoms with Crippen molar-refractivity contribution in [2.24, 2.45) is 5.92 Å². The van der Waals surface area contributed by atoms with Crippen molar-refractivity contribution < 1.29 is 32.0 Å². The van der Waals surface area contributed by atoms with Crippen molar-refractivity contribution >= 4 is 22.8 Å². The van der Waals surface area contributed by atoms with Crippen LogP contribution in [0.15, 0.2) is 15.9 Å². The van der Waals surface area contributed by atoms with Crippen LogP contribution >= 0.6 is 12.0 Å². The van der Waals surface area contributed by atoms with Gasteiger partial charge in [0.2, 0.25) is 0 Å². The van der Waals surface area contributed by atoms with Crippen LogP contribution in [0.3, 0.4) is 0 Å². The van der Waals surface area contributed by atoms with Crippen LogP contribution in [0.1, 0.15) is 65.2 Å². The van der Waals surface area contributed by atoms with Gasteiger partial charge in [0.05, 0.1) is 27.7 Å². The van der Waals surface area contributed by atoms with Gasteiger partial charge in [-0.1, -0.05) is 57.4 Å². The first-order valence-electron chi connectivity index (χ1n) is 9.16. The lowest BCUT2D eigenvalue weighted by molar-refractivity contribution is -0.432. The first kappa shape index (κ1) is 24.4. The molecule has 2 unspecified atom stereocenters. The summed E-state index contributed by atoms with van der Waals surface area (Å²) in [5.74, 6) is -3.84. The van der Waals surface area contributed by atoms with Gasteiger partial charge in [0.1, 0.15) is 10.7 Å². The summed E-state index contributed by atoms with van der Waals surface area (Å²) in [4.78, 5) is -1.31. The standard InChI is InChI=1S/C18H27F3O4S2/c1-3-5-7-8-10-13(9-6-4-2)12-27(23)18-14(19)11-15(26-25-24-22)16(20)17(18)21/h11,13,22H,3-10,12H2,1-2H3. The molecule has 9 heteroatoms. The molecule has 0 saturated carbocycles. The normalized spacial score (nSPS) is 13.7. The van der Waals surface area contributed by atoms with Crippen molar-refractivity contribution in [2.75, 3.05) is 5.75 Å². The van der Waals surface area contributed by atoms with Crippen molar-refractivity contribution in [2.45, 2.75) is 75.0 Å². The van der Waals surface area contributed by atoms with Crippen LogP contribution in [0.2, 0.25) is 0 Å². The Balaban J connectivity index is 2.89. The van der Waals surface area contributed by atoms with Gasteiger partial charge in [-0.15, -0.1) is 4.33 Å². The van der Waals surface area contributed by atoms with E-state index in [-0.39, 0.29) is 23.7 Å². The summed E-state index contributed by atoms with van der Waals surface area (Å²) in [5, 5.41) is 11.4. The summed E-state index contributed by atoms with van der Waals surface area (Å²) < 4.78 is 59.2. The van der Waals surface area contributed by atoms with Crippen LogP contribution < -0.4 is 0 Å². The SMILES string of the molecule is CCCCCCC(CCCC)CS(=O)c1c(F)cc(SOOO)c(F)c1F. The molecule has 0 spiro atoms. The number of benzene rings is 1. The molecule has 0 heterocycles. The Morgan fingerprint density at radius 2 is 1.74 bits per heavy atom.